The van der Waals surface area contributed by atoms with E-state index in [1.807, 2.05) is 0 Å². The monoisotopic (exact) mass is 252 g/mol. The van der Waals surface area contributed by atoms with Crippen molar-refractivity contribution < 1.29 is 4.74 Å². The second-order valence-corrected chi connectivity index (χ2v) is 3.07. The van der Waals surface area contributed by atoms with Gasteiger partial charge >= 0.3 is 0 Å². The summed E-state index contributed by atoms with van der Waals surface area (Å²) < 4.78 is 7.01. The van der Waals surface area contributed by atoms with Gasteiger partial charge in [-0.15, -0.1) is 24.8 Å². The van der Waals surface area contributed by atoms with Crippen molar-refractivity contribution in [2.24, 2.45) is 0 Å². The van der Waals surface area contributed by atoms with Gasteiger partial charge < -0.3 is 14.6 Å². The van der Waals surface area contributed by atoms with Crippen LogP contribution in [0.2, 0.25) is 0 Å². The fourth-order valence-electron chi connectivity index (χ4n) is 1.52. The Hall–Kier alpha value is -0.710. The number of hydrogen-bond donors (Lipinski definition) is 1. The smallest absolute Gasteiger partial charge is 0.223 e. The lowest BCUT2D eigenvalue weighted by Gasteiger charge is -2.20. The quantitative estimate of drug-likeness (QED) is 0.805. The maximum Gasteiger partial charge on any atom is 0.223 e. The standard InChI is InChI=1S/C9H12N2O2.2ClH/c1-13-9-6-11-3-2-10-5-7(11)4-8(9)12;;/h4,6,10H,2-3,5H2,1H3;2*1H. The molecular weight excluding hydrogens is 239 g/mol. The molecule has 15 heavy (non-hydrogen) atoms. The average Bonchev–Trinajstić information content (AvgIpc) is 2.17. The Morgan fingerprint density at radius 2 is 2.20 bits per heavy atom. The summed E-state index contributed by atoms with van der Waals surface area (Å²) in [5, 5.41) is 3.21. The zero-order chi connectivity index (χ0) is 9.26. The van der Waals surface area contributed by atoms with Crippen LogP contribution < -0.4 is 15.5 Å². The van der Waals surface area contributed by atoms with Crippen molar-refractivity contribution in [2.45, 2.75) is 13.1 Å². The Labute approximate surface area is 100 Å². The molecule has 1 N–H and O–H groups in total. The molecule has 0 spiro atoms. The van der Waals surface area contributed by atoms with E-state index < -0.39 is 0 Å². The number of pyridine rings is 1. The zero-order valence-corrected chi connectivity index (χ0v) is 9.99. The molecule has 1 aromatic rings. The van der Waals surface area contributed by atoms with Crippen molar-refractivity contribution in [1.82, 2.24) is 9.88 Å². The molecule has 1 aromatic heterocycles. The van der Waals surface area contributed by atoms with Crippen LogP contribution in [0.15, 0.2) is 17.1 Å². The lowest BCUT2D eigenvalue weighted by molar-refractivity contribution is 0.398. The normalized spacial score (nSPS) is 13.1. The summed E-state index contributed by atoms with van der Waals surface area (Å²) in [6.07, 6.45) is 1.78. The second-order valence-electron chi connectivity index (χ2n) is 3.07. The van der Waals surface area contributed by atoms with Crippen LogP contribution in [0.1, 0.15) is 5.69 Å². The molecule has 1 aliphatic rings. The van der Waals surface area contributed by atoms with Crippen molar-refractivity contribution in [2.75, 3.05) is 13.7 Å². The molecule has 86 valence electrons. The molecule has 0 aromatic carbocycles. The van der Waals surface area contributed by atoms with Gasteiger partial charge in [-0.2, -0.15) is 0 Å². The fraction of sp³-hybridized carbons (Fsp3) is 0.444. The van der Waals surface area contributed by atoms with Crippen LogP contribution in [-0.4, -0.2) is 18.2 Å². The van der Waals surface area contributed by atoms with E-state index in [4.69, 9.17) is 4.74 Å². The maximum atomic E-state index is 11.4. The lowest BCUT2D eigenvalue weighted by Crippen LogP contribution is -2.30. The molecule has 1 aliphatic heterocycles. The van der Waals surface area contributed by atoms with Crippen molar-refractivity contribution in [3.8, 4) is 5.75 Å². The molecule has 0 atom stereocenters. The lowest BCUT2D eigenvalue weighted by atomic mass is 10.2. The van der Waals surface area contributed by atoms with Gasteiger partial charge in [0.25, 0.3) is 0 Å². The molecule has 2 heterocycles. The van der Waals surface area contributed by atoms with E-state index in [2.05, 4.69) is 9.88 Å². The number of rotatable bonds is 1. The van der Waals surface area contributed by atoms with E-state index in [0.717, 1.165) is 25.3 Å². The molecular formula is C9H14Cl2N2O2. The summed E-state index contributed by atoms with van der Waals surface area (Å²) in [5.41, 5.74) is 0.981. The highest BCUT2D eigenvalue weighted by Crippen LogP contribution is 2.08. The predicted octanol–water partition coefficient (Wildman–Crippen LogP) is 0.804. The van der Waals surface area contributed by atoms with Crippen LogP contribution in [0.4, 0.5) is 0 Å². The van der Waals surface area contributed by atoms with E-state index in [0.29, 0.717) is 5.75 Å². The Morgan fingerprint density at radius 1 is 1.47 bits per heavy atom. The molecule has 0 amide bonds. The summed E-state index contributed by atoms with van der Waals surface area (Å²) >= 11 is 0. The third kappa shape index (κ3) is 2.87. The molecule has 2 rings (SSSR count). The van der Waals surface area contributed by atoms with Gasteiger partial charge in [0.1, 0.15) is 0 Å². The Bertz CT molecular complexity index is 379. The summed E-state index contributed by atoms with van der Waals surface area (Å²) in [7, 11) is 1.52. The minimum absolute atomic E-state index is 0. The number of nitrogens with one attached hydrogen (secondary N) is 1. The Morgan fingerprint density at radius 3 is 2.87 bits per heavy atom. The van der Waals surface area contributed by atoms with Crippen LogP contribution >= 0.6 is 24.8 Å². The van der Waals surface area contributed by atoms with Crippen molar-refractivity contribution in [3.05, 3.63) is 28.2 Å². The molecule has 6 heteroatoms. The molecule has 4 nitrogen and oxygen atoms in total. The summed E-state index contributed by atoms with van der Waals surface area (Å²) in [5.74, 6) is 0.422. The Kier molecular flexibility index (Phi) is 5.72. The largest absolute Gasteiger partial charge is 0.491 e. The molecule has 0 fully saturated rings. The van der Waals surface area contributed by atoms with Crippen LogP contribution in [0.25, 0.3) is 0 Å². The first kappa shape index (κ1) is 14.3. The first-order valence-corrected chi connectivity index (χ1v) is 4.29. The highest BCUT2D eigenvalue weighted by Gasteiger charge is 2.09. The Balaban J connectivity index is 0.000000980. The van der Waals surface area contributed by atoms with Gasteiger partial charge in [0, 0.05) is 31.4 Å². The molecule has 0 saturated carbocycles. The van der Waals surface area contributed by atoms with Crippen molar-refractivity contribution in [3.63, 3.8) is 0 Å². The second kappa shape index (κ2) is 6.00. The third-order valence-corrected chi connectivity index (χ3v) is 2.24. The molecule has 0 unspecified atom stereocenters. The minimum atomic E-state index is -0.0440. The van der Waals surface area contributed by atoms with Crippen LogP contribution in [0.5, 0.6) is 5.75 Å². The van der Waals surface area contributed by atoms with E-state index in [1.165, 1.54) is 7.11 Å². The highest BCUT2D eigenvalue weighted by molar-refractivity contribution is 5.85. The number of nitrogens with zero attached hydrogens (tertiary/aromatic N) is 1. The molecule has 0 radical (unpaired) electrons. The number of ether oxygens (including phenoxy) is 1. The number of aromatic nitrogens is 1. The number of methoxy groups -OCH3 is 1. The van der Waals surface area contributed by atoms with Crippen LogP contribution in [0, 0.1) is 0 Å². The van der Waals surface area contributed by atoms with Crippen molar-refractivity contribution in [1.29, 1.82) is 0 Å². The fourth-order valence-corrected chi connectivity index (χ4v) is 1.52. The SMILES string of the molecule is COc1cn2c(cc1=O)CNCC2.Cl.Cl. The highest BCUT2D eigenvalue weighted by atomic mass is 35.5. The maximum absolute atomic E-state index is 11.4. The number of fused-ring (bicyclic) bond motifs is 1. The van der Waals surface area contributed by atoms with E-state index in [9.17, 15) is 4.79 Å². The van der Waals surface area contributed by atoms with Gasteiger partial charge in [0.05, 0.1) is 13.3 Å². The van der Waals surface area contributed by atoms with Gasteiger partial charge in [-0.1, -0.05) is 0 Å². The van der Waals surface area contributed by atoms with Gasteiger partial charge in [-0.25, -0.2) is 0 Å². The number of hydrogen-bond acceptors (Lipinski definition) is 3. The van der Waals surface area contributed by atoms with E-state index in [1.54, 1.807) is 12.3 Å². The van der Waals surface area contributed by atoms with Gasteiger partial charge in [-0.05, 0) is 0 Å². The molecule has 0 bridgehead atoms. The molecule has 0 aliphatic carbocycles. The first-order chi connectivity index (χ1) is 6.31. The first-order valence-electron chi connectivity index (χ1n) is 4.29. The van der Waals surface area contributed by atoms with Gasteiger partial charge in [0.2, 0.25) is 5.43 Å². The van der Waals surface area contributed by atoms with E-state index >= 15 is 0 Å². The number of halogens is 2. The average molecular weight is 253 g/mol. The van der Waals surface area contributed by atoms with Crippen LogP contribution in [-0.2, 0) is 13.1 Å². The van der Waals surface area contributed by atoms with Gasteiger partial charge in [0.15, 0.2) is 5.75 Å². The third-order valence-electron chi connectivity index (χ3n) is 2.24. The minimum Gasteiger partial charge on any atom is -0.491 e. The van der Waals surface area contributed by atoms with Crippen LogP contribution in [0.3, 0.4) is 0 Å². The van der Waals surface area contributed by atoms with Crippen molar-refractivity contribution >= 4 is 24.8 Å². The summed E-state index contributed by atoms with van der Waals surface area (Å²) in [6.45, 7) is 2.60. The predicted molar refractivity (Wildman–Crippen MR) is 63.5 cm³/mol. The summed E-state index contributed by atoms with van der Waals surface area (Å²) in [4.78, 5) is 11.4. The zero-order valence-electron chi connectivity index (χ0n) is 8.36. The topological polar surface area (TPSA) is 43.3 Å². The molecule has 0 saturated heterocycles. The van der Waals surface area contributed by atoms with E-state index in [-0.39, 0.29) is 30.2 Å². The van der Waals surface area contributed by atoms with Gasteiger partial charge in [-0.3, -0.25) is 4.79 Å². The summed E-state index contributed by atoms with van der Waals surface area (Å²) in [6, 6.07) is 1.63.